The number of hydrogen-bond acceptors (Lipinski definition) is 2. The van der Waals surface area contributed by atoms with Crippen molar-refractivity contribution in [2.24, 2.45) is 0 Å². The van der Waals surface area contributed by atoms with Gasteiger partial charge in [-0.3, -0.25) is 0 Å². The molecule has 2 aromatic carbocycles. The molecule has 3 nitrogen and oxygen atoms in total. The molecule has 0 aliphatic rings. The van der Waals surface area contributed by atoms with Crippen LogP contribution in [0, 0.1) is 13.8 Å². The molecule has 0 saturated heterocycles. The van der Waals surface area contributed by atoms with E-state index in [-0.39, 0.29) is 0 Å². The Morgan fingerprint density at radius 1 is 0.909 bits per heavy atom. The van der Waals surface area contributed by atoms with E-state index in [1.165, 1.54) is 0 Å². The quantitative estimate of drug-likeness (QED) is 0.695. The van der Waals surface area contributed by atoms with Crippen LogP contribution in [0.5, 0.6) is 0 Å². The van der Waals surface area contributed by atoms with E-state index in [2.05, 4.69) is 5.10 Å². The highest BCUT2D eigenvalue weighted by Crippen LogP contribution is 2.41. The Balaban J connectivity index is 2.17. The van der Waals surface area contributed by atoms with Gasteiger partial charge >= 0.3 is 0 Å². The maximum absolute atomic E-state index is 13.5. The van der Waals surface area contributed by atoms with Crippen molar-refractivity contribution in [2.45, 2.75) is 13.8 Å². The minimum absolute atomic E-state index is 0.830. The van der Waals surface area contributed by atoms with Gasteiger partial charge < -0.3 is 4.57 Å². The summed E-state index contributed by atoms with van der Waals surface area (Å²) in [5, 5.41) is 6.35. The molecule has 0 bridgehead atoms. The van der Waals surface area contributed by atoms with Crippen molar-refractivity contribution in [3.05, 3.63) is 72.1 Å². The Hall–Kier alpha value is -2.12. The number of aryl methyl sites for hydroxylation is 1. The molecule has 0 N–H and O–H groups in total. The van der Waals surface area contributed by atoms with Gasteiger partial charge in [0.25, 0.3) is 0 Å². The highest BCUT2D eigenvalue weighted by atomic mass is 31.2. The van der Waals surface area contributed by atoms with Crippen LogP contribution in [-0.2, 0) is 4.57 Å². The molecular formula is C18H19N2OP. The summed E-state index contributed by atoms with van der Waals surface area (Å²) >= 11 is 0. The van der Waals surface area contributed by atoms with E-state index in [0.717, 1.165) is 27.7 Å². The van der Waals surface area contributed by atoms with Crippen molar-refractivity contribution in [3.63, 3.8) is 0 Å². The summed E-state index contributed by atoms with van der Waals surface area (Å²) in [5.41, 5.74) is 2.76. The van der Waals surface area contributed by atoms with Crippen LogP contribution in [0.15, 0.2) is 60.7 Å². The predicted octanol–water partition coefficient (Wildman–Crippen LogP) is 3.43. The molecule has 1 heterocycles. The summed E-state index contributed by atoms with van der Waals surface area (Å²) in [4.78, 5) is 0. The Labute approximate surface area is 131 Å². The van der Waals surface area contributed by atoms with Gasteiger partial charge in [0.05, 0.1) is 22.4 Å². The molecule has 3 aromatic rings. The molecule has 0 aliphatic carbocycles. The van der Waals surface area contributed by atoms with Gasteiger partial charge in [0.2, 0.25) is 0 Å². The monoisotopic (exact) mass is 310 g/mol. The number of hydrogen-bond donors (Lipinski definition) is 0. The minimum Gasteiger partial charge on any atom is -0.314 e. The first kappa shape index (κ1) is 14.8. The van der Waals surface area contributed by atoms with Crippen LogP contribution in [0.3, 0.4) is 0 Å². The normalized spacial score (nSPS) is 13.8. The molecule has 0 radical (unpaired) electrons. The molecule has 3 rings (SSSR count). The van der Waals surface area contributed by atoms with E-state index in [1.54, 1.807) is 0 Å². The number of para-hydroxylation sites is 1. The maximum Gasteiger partial charge on any atom is 0.143 e. The van der Waals surface area contributed by atoms with E-state index in [9.17, 15) is 4.57 Å². The second-order valence-electron chi connectivity index (χ2n) is 5.53. The molecular weight excluding hydrogens is 291 g/mol. The summed E-state index contributed by atoms with van der Waals surface area (Å²) in [6.07, 6.45) is 0. The van der Waals surface area contributed by atoms with E-state index in [4.69, 9.17) is 0 Å². The number of aromatic nitrogens is 2. The van der Waals surface area contributed by atoms with Crippen LogP contribution in [0.2, 0.25) is 0 Å². The lowest BCUT2D eigenvalue weighted by Gasteiger charge is -2.14. The van der Waals surface area contributed by atoms with Gasteiger partial charge in [-0.05, 0) is 32.6 Å². The first-order chi connectivity index (χ1) is 10.5. The fraction of sp³-hybridized carbons (Fsp3) is 0.167. The molecule has 0 amide bonds. The predicted molar refractivity (Wildman–Crippen MR) is 92.3 cm³/mol. The highest BCUT2D eigenvalue weighted by Gasteiger charge is 2.28. The van der Waals surface area contributed by atoms with Gasteiger partial charge in [0.15, 0.2) is 0 Å². The third-order valence-corrected chi connectivity index (χ3v) is 6.71. The zero-order valence-corrected chi connectivity index (χ0v) is 13.9. The molecule has 4 heteroatoms. The lowest BCUT2D eigenvalue weighted by Crippen LogP contribution is -2.18. The summed E-state index contributed by atoms with van der Waals surface area (Å²) in [5.74, 6) is 0. The first-order valence-electron chi connectivity index (χ1n) is 7.27. The highest BCUT2D eigenvalue weighted by molar-refractivity contribution is 7.78. The lowest BCUT2D eigenvalue weighted by molar-refractivity contribution is 0.590. The van der Waals surface area contributed by atoms with Crippen molar-refractivity contribution >= 4 is 17.8 Å². The van der Waals surface area contributed by atoms with Gasteiger partial charge in [-0.2, -0.15) is 5.10 Å². The maximum atomic E-state index is 13.5. The first-order valence-corrected chi connectivity index (χ1v) is 9.42. The molecule has 0 saturated carbocycles. The average molecular weight is 310 g/mol. The molecule has 1 atom stereocenters. The van der Waals surface area contributed by atoms with Gasteiger partial charge in [-0.1, -0.05) is 48.5 Å². The smallest absolute Gasteiger partial charge is 0.143 e. The molecule has 0 unspecified atom stereocenters. The van der Waals surface area contributed by atoms with E-state index in [1.807, 2.05) is 85.9 Å². The van der Waals surface area contributed by atoms with Crippen LogP contribution in [0.25, 0.3) is 5.69 Å². The van der Waals surface area contributed by atoms with E-state index >= 15 is 0 Å². The van der Waals surface area contributed by atoms with Gasteiger partial charge in [0.1, 0.15) is 7.14 Å². The Bertz CT molecular complexity index is 838. The third kappa shape index (κ3) is 2.42. The SMILES string of the molecule is Cc1nn(-c2ccccc2)c(C)c1[P@](C)(=O)c1ccccc1. The van der Waals surface area contributed by atoms with Gasteiger partial charge in [-0.15, -0.1) is 0 Å². The Kier molecular flexibility index (Phi) is 3.76. The van der Waals surface area contributed by atoms with Gasteiger partial charge in [0, 0.05) is 5.30 Å². The summed E-state index contributed by atoms with van der Waals surface area (Å²) in [7, 11) is -2.66. The molecule has 0 fully saturated rings. The number of rotatable bonds is 3. The van der Waals surface area contributed by atoms with Crippen molar-refractivity contribution < 1.29 is 4.57 Å². The molecule has 112 valence electrons. The fourth-order valence-electron chi connectivity index (χ4n) is 2.91. The van der Waals surface area contributed by atoms with Crippen molar-refractivity contribution in [1.82, 2.24) is 9.78 Å². The van der Waals surface area contributed by atoms with E-state index in [0.29, 0.717) is 0 Å². The van der Waals surface area contributed by atoms with Crippen molar-refractivity contribution in [1.29, 1.82) is 0 Å². The summed E-state index contributed by atoms with van der Waals surface area (Å²) in [6.45, 7) is 5.75. The molecule has 22 heavy (non-hydrogen) atoms. The minimum atomic E-state index is -2.66. The second kappa shape index (κ2) is 5.58. The fourth-order valence-corrected chi connectivity index (χ4v) is 5.29. The van der Waals surface area contributed by atoms with Crippen LogP contribution in [0.4, 0.5) is 0 Å². The standard InChI is InChI=1S/C18H19N2OP/c1-14-18(22(3,21)17-12-8-5-9-13-17)15(2)20(19-14)16-10-6-4-7-11-16/h4-13H,1-3H3/t22-/m1/s1. The lowest BCUT2D eigenvalue weighted by atomic mass is 10.3. The average Bonchev–Trinajstić information content (AvgIpc) is 2.84. The zero-order valence-electron chi connectivity index (χ0n) is 13.0. The number of nitrogens with zero attached hydrogens (tertiary/aromatic N) is 2. The number of benzene rings is 2. The Morgan fingerprint density at radius 3 is 2.05 bits per heavy atom. The second-order valence-corrected chi connectivity index (χ2v) is 8.34. The summed E-state index contributed by atoms with van der Waals surface area (Å²) in [6, 6.07) is 19.6. The van der Waals surface area contributed by atoms with E-state index < -0.39 is 7.14 Å². The van der Waals surface area contributed by atoms with Crippen molar-refractivity contribution in [3.8, 4) is 5.69 Å². The van der Waals surface area contributed by atoms with Crippen LogP contribution < -0.4 is 10.6 Å². The molecule has 1 aromatic heterocycles. The third-order valence-electron chi connectivity index (χ3n) is 3.93. The summed E-state index contributed by atoms with van der Waals surface area (Å²) < 4.78 is 15.3. The Morgan fingerprint density at radius 2 is 1.45 bits per heavy atom. The van der Waals surface area contributed by atoms with Crippen LogP contribution >= 0.6 is 7.14 Å². The van der Waals surface area contributed by atoms with Crippen LogP contribution in [-0.4, -0.2) is 16.4 Å². The largest absolute Gasteiger partial charge is 0.314 e. The van der Waals surface area contributed by atoms with Crippen LogP contribution in [0.1, 0.15) is 11.4 Å². The topological polar surface area (TPSA) is 34.9 Å². The molecule has 0 spiro atoms. The molecule has 0 aliphatic heterocycles. The van der Waals surface area contributed by atoms with Gasteiger partial charge in [-0.25, -0.2) is 4.68 Å². The zero-order chi connectivity index (χ0) is 15.7. The van der Waals surface area contributed by atoms with Crippen molar-refractivity contribution in [2.75, 3.05) is 6.66 Å².